The predicted molar refractivity (Wildman–Crippen MR) is 263 cm³/mol. The number of carbonyl (C=O) groups excluding carboxylic acids is 4. The highest BCUT2D eigenvalue weighted by atomic mass is 16.2. The van der Waals surface area contributed by atoms with Crippen LogP contribution < -0.4 is 0 Å². The second-order valence-electron chi connectivity index (χ2n) is 19.8. The van der Waals surface area contributed by atoms with E-state index in [0.717, 1.165) is 135 Å². The molecule has 4 saturated heterocycles. The molecule has 0 N–H and O–H groups in total. The molecular formula is C56H62N6O4. The van der Waals surface area contributed by atoms with Crippen LogP contribution in [-0.2, 0) is 0 Å². The molecule has 11 rings (SSSR count). The van der Waals surface area contributed by atoms with Crippen molar-refractivity contribution in [1.82, 2.24) is 29.4 Å². The summed E-state index contributed by atoms with van der Waals surface area (Å²) in [5, 5.41) is 6.38. The van der Waals surface area contributed by atoms with Gasteiger partial charge in [-0.15, -0.1) is 0 Å². The Morgan fingerprint density at radius 1 is 0.348 bits per heavy atom. The highest BCUT2D eigenvalue weighted by Crippen LogP contribution is 2.48. The molecule has 0 unspecified atom stereocenters. The summed E-state index contributed by atoms with van der Waals surface area (Å²) in [5.74, 6) is 13.1. The number of nitrogens with zero attached hydrogens (tertiary/aromatic N) is 6. The van der Waals surface area contributed by atoms with Gasteiger partial charge in [0, 0.05) is 118 Å². The van der Waals surface area contributed by atoms with Crippen molar-refractivity contribution in [3.05, 3.63) is 69.8 Å². The van der Waals surface area contributed by atoms with Gasteiger partial charge in [-0.25, -0.2) is 0 Å². The van der Waals surface area contributed by atoms with E-state index in [1.165, 1.54) is 61.2 Å². The van der Waals surface area contributed by atoms with E-state index in [-0.39, 0.29) is 23.6 Å². The lowest BCUT2D eigenvalue weighted by atomic mass is 9.79. The number of imide groups is 2. The standard InChI is InChI=1S/C56H62N6O4/c63-53-43-22-20-42-48-40(18-6-16-32-58-25-9-2-10-26-58)38-46-50-44(54(64)62(56(46)66)36-34-60-29-13-4-14-30-60)21-19-41(52(48)50)47-39(17-5-15-31-57-23-7-1-8-24-57)37-45(49(43)51(42)47)55(65)61(53)35-33-59-27-11-3-12-28-59/h19-22,37-38H,1-4,7-16,23-36H2. The Morgan fingerprint density at radius 3 is 1.05 bits per heavy atom. The zero-order valence-corrected chi connectivity index (χ0v) is 38.6. The molecule has 0 atom stereocenters. The lowest BCUT2D eigenvalue weighted by molar-refractivity contribution is 0.0573. The van der Waals surface area contributed by atoms with Gasteiger partial charge in [-0.2, -0.15) is 0 Å². The lowest BCUT2D eigenvalue weighted by Crippen LogP contribution is -2.45. The summed E-state index contributed by atoms with van der Waals surface area (Å²) in [6, 6.07) is 11.7. The molecule has 4 amide bonds. The van der Waals surface area contributed by atoms with E-state index in [9.17, 15) is 19.2 Å². The molecule has 0 spiro atoms. The van der Waals surface area contributed by atoms with E-state index in [1.807, 2.05) is 36.4 Å². The van der Waals surface area contributed by atoms with Crippen molar-refractivity contribution in [2.75, 3.05) is 91.6 Å². The first kappa shape index (κ1) is 43.2. The summed E-state index contributed by atoms with van der Waals surface area (Å²) in [5.41, 5.74) is 3.50. The second kappa shape index (κ2) is 18.7. The number of hydrogen-bond acceptors (Lipinski definition) is 8. The van der Waals surface area contributed by atoms with Crippen LogP contribution in [-0.4, -0.2) is 145 Å². The van der Waals surface area contributed by atoms with Gasteiger partial charge < -0.3 is 19.6 Å². The molecule has 4 fully saturated rings. The molecule has 0 saturated carbocycles. The highest BCUT2D eigenvalue weighted by Gasteiger charge is 2.38. The molecule has 0 radical (unpaired) electrons. The largest absolute Gasteiger partial charge is 0.302 e. The molecule has 5 aromatic carbocycles. The Labute approximate surface area is 388 Å². The minimum absolute atomic E-state index is 0.267. The van der Waals surface area contributed by atoms with Crippen molar-refractivity contribution in [3.63, 3.8) is 0 Å². The Morgan fingerprint density at radius 2 is 0.682 bits per heavy atom. The number of fused-ring (bicyclic) bond motifs is 2. The van der Waals surface area contributed by atoms with E-state index in [4.69, 9.17) is 0 Å². The van der Waals surface area contributed by atoms with Crippen molar-refractivity contribution < 1.29 is 19.2 Å². The SMILES string of the molecule is O=C1c2ccc3c4c(C#CCCN5CCCCC5)cc5c6c(ccc(c7c(C#CCCN8CCCCC8)cc(c2c37)C(=O)N1CCN1CCCCC1)c64)C(=O)N(CCN1CCCCC1)C5=O. The van der Waals surface area contributed by atoms with Gasteiger partial charge in [0.1, 0.15) is 0 Å². The van der Waals surface area contributed by atoms with Crippen LogP contribution in [0.5, 0.6) is 0 Å². The Bertz CT molecular complexity index is 2680. The first-order chi connectivity index (χ1) is 32.4. The van der Waals surface area contributed by atoms with Crippen LogP contribution >= 0.6 is 0 Å². The minimum Gasteiger partial charge on any atom is -0.302 e. The molecule has 10 nitrogen and oxygen atoms in total. The van der Waals surface area contributed by atoms with Gasteiger partial charge >= 0.3 is 0 Å². The lowest BCUT2D eigenvalue weighted by Gasteiger charge is -2.33. The maximum atomic E-state index is 14.8. The number of carbonyl (C=O) groups is 4. The van der Waals surface area contributed by atoms with Gasteiger partial charge in [0.25, 0.3) is 23.6 Å². The summed E-state index contributed by atoms with van der Waals surface area (Å²) in [6.45, 7) is 12.1. The fourth-order valence-electron chi connectivity index (χ4n) is 12.1. The topological polar surface area (TPSA) is 87.7 Å². The number of hydrogen-bond donors (Lipinski definition) is 0. The van der Waals surface area contributed by atoms with Crippen LogP contribution in [0.1, 0.15) is 142 Å². The second-order valence-corrected chi connectivity index (χ2v) is 19.8. The van der Waals surface area contributed by atoms with Crippen LogP contribution in [0, 0.1) is 23.7 Å². The normalized spacial score (nSPS) is 20.2. The minimum atomic E-state index is -0.279. The van der Waals surface area contributed by atoms with Crippen LogP contribution in [0.4, 0.5) is 0 Å². The van der Waals surface area contributed by atoms with E-state index < -0.39 is 0 Å². The van der Waals surface area contributed by atoms with Crippen LogP contribution in [0.2, 0.25) is 0 Å². The molecule has 6 aliphatic heterocycles. The molecule has 340 valence electrons. The van der Waals surface area contributed by atoms with Crippen molar-refractivity contribution >= 4 is 66.7 Å². The summed E-state index contributed by atoms with van der Waals surface area (Å²) >= 11 is 0. The smallest absolute Gasteiger partial charge is 0.261 e. The zero-order valence-electron chi connectivity index (χ0n) is 38.6. The number of piperidine rings is 4. The number of rotatable bonds is 10. The third-order valence-corrected chi connectivity index (χ3v) is 15.6. The van der Waals surface area contributed by atoms with E-state index in [0.29, 0.717) is 72.0 Å². The molecular weight excluding hydrogens is 821 g/mol. The quantitative estimate of drug-likeness (QED) is 0.0599. The number of likely N-dealkylation sites (tertiary alicyclic amines) is 4. The fourth-order valence-corrected chi connectivity index (χ4v) is 12.1. The van der Waals surface area contributed by atoms with Crippen LogP contribution in [0.25, 0.3) is 43.1 Å². The monoisotopic (exact) mass is 882 g/mol. The van der Waals surface area contributed by atoms with Crippen molar-refractivity contribution in [3.8, 4) is 23.7 Å². The van der Waals surface area contributed by atoms with Crippen molar-refractivity contribution in [1.29, 1.82) is 0 Å². The van der Waals surface area contributed by atoms with Crippen molar-refractivity contribution in [2.24, 2.45) is 0 Å². The summed E-state index contributed by atoms with van der Waals surface area (Å²) in [6.07, 6.45) is 15.8. The van der Waals surface area contributed by atoms with Gasteiger partial charge in [0.2, 0.25) is 0 Å². The van der Waals surface area contributed by atoms with Gasteiger partial charge in [0.15, 0.2) is 0 Å². The highest BCUT2D eigenvalue weighted by molar-refractivity contribution is 6.42. The molecule has 66 heavy (non-hydrogen) atoms. The first-order valence-electron chi connectivity index (χ1n) is 25.3. The third-order valence-electron chi connectivity index (χ3n) is 15.6. The van der Waals surface area contributed by atoms with Gasteiger partial charge in [-0.3, -0.25) is 29.0 Å². The molecule has 6 aliphatic rings. The average Bonchev–Trinajstić information content (AvgIpc) is 3.36. The summed E-state index contributed by atoms with van der Waals surface area (Å²) in [4.78, 5) is 71.5. The van der Waals surface area contributed by atoms with E-state index in [1.54, 1.807) is 0 Å². The Kier molecular flexibility index (Phi) is 12.3. The maximum Gasteiger partial charge on any atom is 0.261 e. The van der Waals surface area contributed by atoms with Crippen LogP contribution in [0.15, 0.2) is 36.4 Å². The molecule has 0 aliphatic carbocycles. The van der Waals surface area contributed by atoms with Gasteiger partial charge in [0.05, 0.1) is 0 Å². The first-order valence-corrected chi connectivity index (χ1v) is 25.3. The van der Waals surface area contributed by atoms with E-state index >= 15 is 0 Å². The molecule has 10 heteroatoms. The molecule has 0 bridgehead atoms. The Balaban J connectivity index is 1.09. The zero-order chi connectivity index (χ0) is 44.7. The summed E-state index contributed by atoms with van der Waals surface area (Å²) in [7, 11) is 0. The average molecular weight is 883 g/mol. The van der Waals surface area contributed by atoms with E-state index in [2.05, 4.69) is 43.3 Å². The van der Waals surface area contributed by atoms with Gasteiger partial charge in [-0.05, 0) is 139 Å². The van der Waals surface area contributed by atoms with Gasteiger partial charge in [-0.1, -0.05) is 61.5 Å². The predicted octanol–water partition coefficient (Wildman–Crippen LogP) is 8.36. The van der Waals surface area contributed by atoms with Crippen LogP contribution in [0.3, 0.4) is 0 Å². The molecule has 6 heterocycles. The summed E-state index contributed by atoms with van der Waals surface area (Å²) < 4.78 is 0. The maximum absolute atomic E-state index is 14.8. The Hall–Kier alpha value is -5.36. The number of benzene rings is 5. The third kappa shape index (κ3) is 7.94. The molecule has 5 aromatic rings. The number of amides is 4. The van der Waals surface area contributed by atoms with Crippen molar-refractivity contribution in [2.45, 2.75) is 89.9 Å². The fraction of sp³-hybridized carbons (Fsp3) is 0.500. The molecule has 0 aromatic heterocycles.